The van der Waals surface area contributed by atoms with Crippen molar-refractivity contribution in [2.24, 2.45) is 0 Å². The molecule has 16 heavy (non-hydrogen) atoms. The largest absolute Gasteiger partial charge is 0.207 e. The molecule has 0 saturated carbocycles. The third-order valence-corrected chi connectivity index (χ3v) is 2.57. The van der Waals surface area contributed by atoms with E-state index in [-0.39, 0.29) is 0 Å². The zero-order valence-electron chi connectivity index (χ0n) is 8.52. The molecule has 0 aromatic heterocycles. The van der Waals surface area contributed by atoms with Gasteiger partial charge in [0.25, 0.3) is 0 Å². The monoisotopic (exact) mass is 237 g/mol. The van der Waals surface area contributed by atoms with Crippen LogP contribution in [0.3, 0.4) is 0 Å². The van der Waals surface area contributed by atoms with E-state index < -0.39 is 11.6 Å². The molecule has 0 saturated heterocycles. The van der Waals surface area contributed by atoms with Gasteiger partial charge in [-0.1, -0.05) is 11.6 Å². The summed E-state index contributed by atoms with van der Waals surface area (Å²) in [5.74, 6) is -0.899. The summed E-state index contributed by atoms with van der Waals surface area (Å²) in [6.45, 7) is 1.75. The zero-order chi connectivity index (χ0) is 11.7. The molecule has 0 fully saturated rings. The maximum atomic E-state index is 13.6. The number of benzene rings is 2. The van der Waals surface area contributed by atoms with Crippen molar-refractivity contribution in [2.75, 3.05) is 0 Å². The Bertz CT molecular complexity index is 535. The maximum absolute atomic E-state index is 13.6. The summed E-state index contributed by atoms with van der Waals surface area (Å²) in [5, 5.41) is 0.319. The molecule has 0 atom stereocenters. The van der Waals surface area contributed by atoms with Crippen molar-refractivity contribution >= 4 is 11.6 Å². The van der Waals surface area contributed by atoms with Crippen LogP contribution in [0.4, 0.5) is 8.78 Å². The summed E-state index contributed by atoms with van der Waals surface area (Å²) >= 11 is 5.65. The van der Waals surface area contributed by atoms with Gasteiger partial charge < -0.3 is 0 Å². The van der Waals surface area contributed by atoms with Gasteiger partial charge >= 0.3 is 0 Å². The molecule has 1 radical (unpaired) electrons. The minimum absolute atomic E-state index is 0.319. The second-order valence-corrected chi connectivity index (χ2v) is 3.92. The van der Waals surface area contributed by atoms with Crippen LogP contribution in [0.15, 0.2) is 30.3 Å². The topological polar surface area (TPSA) is 0 Å². The molecule has 0 amide bonds. The van der Waals surface area contributed by atoms with E-state index in [9.17, 15) is 8.78 Å². The van der Waals surface area contributed by atoms with Gasteiger partial charge in [0.2, 0.25) is 0 Å². The van der Waals surface area contributed by atoms with Crippen molar-refractivity contribution in [3.8, 4) is 11.1 Å². The molecule has 3 heteroatoms. The molecule has 0 aliphatic heterocycles. The van der Waals surface area contributed by atoms with Crippen LogP contribution < -0.4 is 0 Å². The van der Waals surface area contributed by atoms with Crippen LogP contribution >= 0.6 is 11.6 Å². The van der Waals surface area contributed by atoms with Crippen LogP contribution in [0, 0.1) is 24.6 Å². The fourth-order valence-electron chi connectivity index (χ4n) is 1.53. The molecule has 2 aromatic rings. The fraction of sp³-hybridized carbons (Fsp3) is 0.0769. The predicted octanol–water partition coefficient (Wildman–Crippen LogP) is 4.39. The predicted molar refractivity (Wildman–Crippen MR) is 60.4 cm³/mol. The summed E-state index contributed by atoms with van der Waals surface area (Å²) in [6, 6.07) is 9.57. The highest BCUT2D eigenvalue weighted by molar-refractivity contribution is 6.30. The Morgan fingerprint density at radius 2 is 1.88 bits per heavy atom. The molecule has 0 unspecified atom stereocenters. The SMILES string of the molecule is Cc1[c]cc(F)cc1-c1ccc(Cl)cc1F. The van der Waals surface area contributed by atoms with Gasteiger partial charge in [0.15, 0.2) is 0 Å². The Kier molecular flexibility index (Phi) is 2.92. The molecule has 0 spiro atoms. The van der Waals surface area contributed by atoms with Crippen LogP contribution in [-0.4, -0.2) is 0 Å². The molecular formula is C13H8ClF2. The highest BCUT2D eigenvalue weighted by Crippen LogP contribution is 2.28. The van der Waals surface area contributed by atoms with Crippen molar-refractivity contribution < 1.29 is 8.78 Å². The molecule has 81 valence electrons. The molecule has 0 N–H and O–H groups in total. The summed E-state index contributed by atoms with van der Waals surface area (Å²) in [4.78, 5) is 0. The Hall–Kier alpha value is -1.41. The smallest absolute Gasteiger partial charge is 0.132 e. The van der Waals surface area contributed by atoms with E-state index >= 15 is 0 Å². The fourth-order valence-corrected chi connectivity index (χ4v) is 1.69. The Labute approximate surface area is 97.5 Å². The number of hydrogen-bond acceptors (Lipinski definition) is 0. The van der Waals surface area contributed by atoms with Crippen molar-refractivity contribution in [1.29, 1.82) is 0 Å². The standard InChI is InChI=1S/C13H8ClF2/c1-8-2-4-10(15)7-12(8)11-5-3-9(14)6-13(11)16/h3-7H,1H3. The summed E-state index contributed by atoms with van der Waals surface area (Å²) in [5.41, 5.74) is 1.52. The lowest BCUT2D eigenvalue weighted by Gasteiger charge is -2.07. The number of hydrogen-bond donors (Lipinski definition) is 0. The summed E-state index contributed by atoms with van der Waals surface area (Å²) in [7, 11) is 0. The van der Waals surface area contributed by atoms with E-state index in [1.54, 1.807) is 13.0 Å². The van der Waals surface area contributed by atoms with Crippen LogP contribution in [0.1, 0.15) is 5.56 Å². The maximum Gasteiger partial charge on any atom is 0.132 e. The Balaban J connectivity index is 2.62. The van der Waals surface area contributed by atoms with Gasteiger partial charge in [-0.15, -0.1) is 0 Å². The first-order chi connectivity index (χ1) is 7.58. The molecule has 2 rings (SSSR count). The molecule has 2 aromatic carbocycles. The molecule has 0 nitrogen and oxygen atoms in total. The van der Waals surface area contributed by atoms with Crippen LogP contribution in [0.25, 0.3) is 11.1 Å². The Morgan fingerprint density at radius 1 is 1.12 bits per heavy atom. The summed E-state index contributed by atoms with van der Waals surface area (Å²) < 4.78 is 26.7. The van der Waals surface area contributed by atoms with Crippen molar-refractivity contribution in [3.63, 3.8) is 0 Å². The van der Waals surface area contributed by atoms with E-state index in [0.717, 1.165) is 0 Å². The lowest BCUT2D eigenvalue weighted by atomic mass is 10.00. The van der Waals surface area contributed by atoms with E-state index in [1.807, 2.05) is 0 Å². The summed E-state index contributed by atoms with van der Waals surface area (Å²) in [6.07, 6.45) is 0. The molecule has 0 aliphatic carbocycles. The quantitative estimate of drug-likeness (QED) is 0.690. The van der Waals surface area contributed by atoms with E-state index in [4.69, 9.17) is 11.6 Å². The number of aryl methyl sites for hydroxylation is 1. The normalized spacial score (nSPS) is 10.5. The minimum atomic E-state index is -0.463. The Morgan fingerprint density at radius 3 is 2.56 bits per heavy atom. The first-order valence-electron chi connectivity index (χ1n) is 4.71. The van der Waals surface area contributed by atoms with E-state index in [1.165, 1.54) is 24.3 Å². The molecule has 0 aliphatic rings. The van der Waals surface area contributed by atoms with E-state index in [2.05, 4.69) is 6.07 Å². The van der Waals surface area contributed by atoms with Gasteiger partial charge in [0, 0.05) is 10.6 Å². The lowest BCUT2D eigenvalue weighted by Crippen LogP contribution is -1.89. The van der Waals surface area contributed by atoms with Gasteiger partial charge in [-0.2, -0.15) is 0 Å². The van der Waals surface area contributed by atoms with Gasteiger partial charge in [-0.25, -0.2) is 8.78 Å². The lowest BCUT2D eigenvalue weighted by molar-refractivity contribution is 0.624. The van der Waals surface area contributed by atoms with Gasteiger partial charge in [-0.05, 0) is 54.4 Å². The first kappa shape index (κ1) is 11.1. The second kappa shape index (κ2) is 4.22. The number of halogens is 3. The van der Waals surface area contributed by atoms with Crippen LogP contribution in [0.2, 0.25) is 5.02 Å². The van der Waals surface area contributed by atoms with Crippen LogP contribution in [-0.2, 0) is 0 Å². The minimum Gasteiger partial charge on any atom is -0.207 e. The van der Waals surface area contributed by atoms with E-state index in [0.29, 0.717) is 21.7 Å². The molecule has 0 heterocycles. The van der Waals surface area contributed by atoms with Gasteiger partial charge in [0.1, 0.15) is 11.6 Å². The zero-order valence-corrected chi connectivity index (χ0v) is 9.28. The number of rotatable bonds is 1. The molecule has 0 bridgehead atoms. The van der Waals surface area contributed by atoms with Crippen molar-refractivity contribution in [3.05, 3.63) is 58.6 Å². The third-order valence-electron chi connectivity index (χ3n) is 2.33. The third kappa shape index (κ3) is 2.07. The highest BCUT2D eigenvalue weighted by Gasteiger charge is 2.09. The van der Waals surface area contributed by atoms with Gasteiger partial charge in [0.05, 0.1) is 0 Å². The average molecular weight is 238 g/mol. The second-order valence-electron chi connectivity index (χ2n) is 3.48. The average Bonchev–Trinajstić information content (AvgIpc) is 2.22. The molecular weight excluding hydrogens is 230 g/mol. The first-order valence-corrected chi connectivity index (χ1v) is 5.09. The highest BCUT2D eigenvalue weighted by atomic mass is 35.5. The van der Waals surface area contributed by atoms with Crippen molar-refractivity contribution in [2.45, 2.75) is 6.92 Å². The van der Waals surface area contributed by atoms with Crippen LogP contribution in [0.5, 0.6) is 0 Å². The van der Waals surface area contributed by atoms with Crippen molar-refractivity contribution in [1.82, 2.24) is 0 Å². The van der Waals surface area contributed by atoms with Gasteiger partial charge in [-0.3, -0.25) is 0 Å².